The van der Waals surface area contributed by atoms with E-state index in [-0.39, 0.29) is 5.25 Å². The number of nitrogens with two attached hydrogens (primary N) is 1. The molecule has 1 aromatic rings. The second kappa shape index (κ2) is 6.44. The van der Waals surface area contributed by atoms with E-state index in [4.69, 9.17) is 10.8 Å². The molecule has 3 nitrogen and oxygen atoms in total. The number of rotatable bonds is 6. The highest BCUT2D eigenvalue weighted by atomic mass is 32.2. The maximum atomic E-state index is 11.0. The molecule has 0 aliphatic carbocycles. The molecule has 0 amide bonds. The van der Waals surface area contributed by atoms with Gasteiger partial charge in [-0.15, -0.1) is 0 Å². The standard InChI is InChI=1S/C15H23NO2S/c1-10-5-11(2)7-13(6-10)9-19-12(3)8-15(4,16)14(17)18/h5-7,12H,8-9,16H2,1-4H3,(H,17,18). The summed E-state index contributed by atoms with van der Waals surface area (Å²) in [6, 6.07) is 6.50. The molecule has 0 aliphatic rings. The van der Waals surface area contributed by atoms with Gasteiger partial charge in [-0.2, -0.15) is 11.8 Å². The Kier molecular flexibility index (Phi) is 5.44. The summed E-state index contributed by atoms with van der Waals surface area (Å²) in [6.07, 6.45) is 0.470. The lowest BCUT2D eigenvalue weighted by Gasteiger charge is -2.23. The van der Waals surface area contributed by atoms with Gasteiger partial charge in [-0.05, 0) is 32.8 Å². The average molecular weight is 281 g/mol. The summed E-state index contributed by atoms with van der Waals surface area (Å²) < 4.78 is 0. The van der Waals surface area contributed by atoms with Gasteiger partial charge in [0.15, 0.2) is 0 Å². The molecule has 0 aliphatic heterocycles. The van der Waals surface area contributed by atoms with Crippen LogP contribution in [-0.2, 0) is 10.5 Å². The molecule has 1 rings (SSSR count). The van der Waals surface area contributed by atoms with Crippen LogP contribution in [0, 0.1) is 13.8 Å². The van der Waals surface area contributed by atoms with Crippen molar-refractivity contribution in [2.45, 2.75) is 50.7 Å². The van der Waals surface area contributed by atoms with Crippen LogP contribution in [0.15, 0.2) is 18.2 Å². The number of benzene rings is 1. The number of carbonyl (C=O) groups is 1. The number of aryl methyl sites for hydroxylation is 2. The highest BCUT2D eigenvalue weighted by molar-refractivity contribution is 7.99. The molecule has 0 spiro atoms. The zero-order chi connectivity index (χ0) is 14.6. The molecule has 4 heteroatoms. The molecule has 0 fully saturated rings. The molecule has 0 aromatic heterocycles. The van der Waals surface area contributed by atoms with Crippen molar-refractivity contribution in [2.24, 2.45) is 5.73 Å². The number of carboxylic acid groups (broad SMARTS) is 1. The predicted octanol–water partition coefficient (Wildman–Crippen LogP) is 3.12. The Morgan fingerprint density at radius 3 is 2.37 bits per heavy atom. The molecule has 0 bridgehead atoms. The summed E-state index contributed by atoms with van der Waals surface area (Å²) >= 11 is 1.75. The molecule has 1 aromatic carbocycles. The summed E-state index contributed by atoms with van der Waals surface area (Å²) in [5, 5.41) is 9.23. The van der Waals surface area contributed by atoms with Crippen molar-refractivity contribution in [3.63, 3.8) is 0 Å². The fourth-order valence-electron chi connectivity index (χ4n) is 2.13. The molecule has 19 heavy (non-hydrogen) atoms. The van der Waals surface area contributed by atoms with Crippen molar-refractivity contribution < 1.29 is 9.90 Å². The summed E-state index contributed by atoms with van der Waals surface area (Å²) in [5.41, 5.74) is 8.42. The number of hydrogen-bond donors (Lipinski definition) is 2. The zero-order valence-electron chi connectivity index (χ0n) is 12.1. The maximum absolute atomic E-state index is 11.0. The SMILES string of the molecule is Cc1cc(C)cc(CSC(C)CC(C)(N)C(=O)O)c1. The molecule has 106 valence electrons. The fraction of sp³-hybridized carbons (Fsp3) is 0.533. The molecule has 0 radical (unpaired) electrons. The lowest BCUT2D eigenvalue weighted by atomic mass is 9.98. The van der Waals surface area contributed by atoms with E-state index in [1.54, 1.807) is 18.7 Å². The number of carboxylic acids is 1. The Morgan fingerprint density at radius 1 is 1.37 bits per heavy atom. The maximum Gasteiger partial charge on any atom is 0.323 e. The highest BCUT2D eigenvalue weighted by Gasteiger charge is 2.29. The Bertz CT molecular complexity index is 437. The second-order valence-corrected chi connectivity index (χ2v) is 6.97. The Balaban J connectivity index is 2.55. The molecular weight excluding hydrogens is 258 g/mol. The average Bonchev–Trinajstić information content (AvgIpc) is 2.24. The lowest BCUT2D eigenvalue weighted by molar-refractivity contribution is -0.142. The first-order valence-corrected chi connectivity index (χ1v) is 7.46. The van der Waals surface area contributed by atoms with Crippen LogP contribution in [-0.4, -0.2) is 21.9 Å². The summed E-state index contributed by atoms with van der Waals surface area (Å²) in [5.74, 6) is -0.0503. The van der Waals surface area contributed by atoms with Gasteiger partial charge in [0, 0.05) is 11.0 Å². The van der Waals surface area contributed by atoms with Crippen LogP contribution in [0.3, 0.4) is 0 Å². The molecule has 0 saturated carbocycles. The number of thioether (sulfide) groups is 1. The van der Waals surface area contributed by atoms with Crippen LogP contribution >= 0.6 is 11.8 Å². The van der Waals surface area contributed by atoms with Gasteiger partial charge < -0.3 is 10.8 Å². The van der Waals surface area contributed by atoms with Gasteiger partial charge in [-0.1, -0.05) is 36.2 Å². The molecule has 2 atom stereocenters. The number of hydrogen-bond acceptors (Lipinski definition) is 3. The van der Waals surface area contributed by atoms with Crippen LogP contribution in [0.25, 0.3) is 0 Å². The first-order valence-electron chi connectivity index (χ1n) is 6.42. The van der Waals surface area contributed by atoms with Crippen LogP contribution in [0.1, 0.15) is 37.0 Å². The van der Waals surface area contributed by atoms with E-state index >= 15 is 0 Å². The van der Waals surface area contributed by atoms with Gasteiger partial charge in [0.2, 0.25) is 0 Å². The topological polar surface area (TPSA) is 63.3 Å². The summed E-state index contributed by atoms with van der Waals surface area (Å²) in [7, 11) is 0. The third-order valence-electron chi connectivity index (χ3n) is 3.02. The number of aliphatic carboxylic acids is 1. The van der Waals surface area contributed by atoms with Crippen molar-refractivity contribution in [1.29, 1.82) is 0 Å². The van der Waals surface area contributed by atoms with E-state index < -0.39 is 11.5 Å². The smallest absolute Gasteiger partial charge is 0.323 e. The van der Waals surface area contributed by atoms with E-state index in [2.05, 4.69) is 32.0 Å². The first kappa shape index (κ1) is 16.1. The molecule has 2 unspecified atom stereocenters. The van der Waals surface area contributed by atoms with Gasteiger partial charge in [-0.25, -0.2) is 0 Å². The predicted molar refractivity (Wildman–Crippen MR) is 81.5 cm³/mol. The first-order chi connectivity index (χ1) is 8.70. The Labute approximate surface area is 119 Å². The largest absolute Gasteiger partial charge is 0.480 e. The van der Waals surface area contributed by atoms with Crippen LogP contribution in [0.4, 0.5) is 0 Å². The van der Waals surface area contributed by atoms with Gasteiger partial charge in [0.1, 0.15) is 5.54 Å². The second-order valence-electron chi connectivity index (χ2n) is 5.54. The van der Waals surface area contributed by atoms with Crippen molar-refractivity contribution in [3.05, 3.63) is 34.9 Å². The Morgan fingerprint density at radius 2 is 1.89 bits per heavy atom. The van der Waals surface area contributed by atoms with Crippen molar-refractivity contribution in [3.8, 4) is 0 Å². The van der Waals surface area contributed by atoms with E-state index in [0.29, 0.717) is 6.42 Å². The third kappa shape index (κ3) is 5.25. The molecule has 0 saturated heterocycles. The van der Waals surface area contributed by atoms with E-state index in [9.17, 15) is 4.79 Å². The Hall–Kier alpha value is -1.00. The minimum atomic E-state index is -1.14. The fourth-order valence-corrected chi connectivity index (χ4v) is 3.24. The van der Waals surface area contributed by atoms with Gasteiger partial charge in [-0.3, -0.25) is 4.79 Å². The van der Waals surface area contributed by atoms with Crippen LogP contribution < -0.4 is 5.73 Å². The van der Waals surface area contributed by atoms with Crippen LogP contribution in [0.2, 0.25) is 0 Å². The van der Waals surface area contributed by atoms with Crippen molar-refractivity contribution in [2.75, 3.05) is 0 Å². The van der Waals surface area contributed by atoms with Gasteiger partial charge >= 0.3 is 5.97 Å². The van der Waals surface area contributed by atoms with E-state index in [1.807, 2.05) is 6.92 Å². The normalized spacial score (nSPS) is 15.8. The highest BCUT2D eigenvalue weighted by Crippen LogP contribution is 2.25. The third-order valence-corrected chi connectivity index (χ3v) is 4.25. The van der Waals surface area contributed by atoms with Crippen LogP contribution in [0.5, 0.6) is 0 Å². The molecular formula is C15H23NO2S. The zero-order valence-corrected chi connectivity index (χ0v) is 12.9. The lowest BCUT2D eigenvalue weighted by Crippen LogP contribution is -2.46. The minimum absolute atomic E-state index is 0.215. The van der Waals surface area contributed by atoms with Gasteiger partial charge in [0.05, 0.1) is 0 Å². The van der Waals surface area contributed by atoms with E-state index in [0.717, 1.165) is 5.75 Å². The van der Waals surface area contributed by atoms with Gasteiger partial charge in [0.25, 0.3) is 0 Å². The monoisotopic (exact) mass is 281 g/mol. The van der Waals surface area contributed by atoms with E-state index in [1.165, 1.54) is 16.7 Å². The summed E-state index contributed by atoms with van der Waals surface area (Å²) in [6.45, 7) is 7.78. The molecule has 0 heterocycles. The quantitative estimate of drug-likeness (QED) is 0.841. The van der Waals surface area contributed by atoms with Crippen molar-refractivity contribution >= 4 is 17.7 Å². The van der Waals surface area contributed by atoms with Crippen molar-refractivity contribution in [1.82, 2.24) is 0 Å². The minimum Gasteiger partial charge on any atom is -0.480 e. The molecule has 3 N–H and O–H groups in total. The summed E-state index contributed by atoms with van der Waals surface area (Å²) in [4.78, 5) is 11.0.